The van der Waals surface area contributed by atoms with E-state index < -0.39 is 47.7 Å². The molecule has 405 valence electrons. The number of likely N-dealkylation sites (N-methyl/N-ethyl adjacent to an activating group) is 1. The first-order valence-electron chi connectivity index (χ1n) is 26.3. The Kier molecular flexibility index (Phi) is 22.9. The first kappa shape index (κ1) is 59.3. The maximum atomic E-state index is 14.5. The number of nitrogens with one attached hydrogen (secondary N) is 3. The highest BCUT2D eigenvalue weighted by Gasteiger charge is 2.46. The van der Waals surface area contributed by atoms with Crippen molar-refractivity contribution in [3.05, 3.63) is 65.6 Å². The number of benzene rings is 1. The Morgan fingerprint density at radius 3 is 2.08 bits per heavy atom. The lowest BCUT2D eigenvalue weighted by atomic mass is 9.80. The molecule has 0 aromatic heterocycles. The summed E-state index contributed by atoms with van der Waals surface area (Å²) in [5.41, 5.74) is 0.397. The molecule has 6 atom stereocenters. The third-order valence-corrected chi connectivity index (χ3v) is 14.3. The van der Waals surface area contributed by atoms with Crippen molar-refractivity contribution in [3.8, 4) is 0 Å². The smallest absolute Gasteiger partial charge is 0.253 e. The highest BCUT2D eigenvalue weighted by atomic mass is 16.5. The molecule has 1 saturated carbocycles. The first-order valence-corrected chi connectivity index (χ1v) is 26.3. The van der Waals surface area contributed by atoms with Crippen LogP contribution in [0.25, 0.3) is 0 Å². The number of unbranched alkanes of at least 4 members (excludes halogenated alkanes) is 2. The summed E-state index contributed by atoms with van der Waals surface area (Å²) in [5.74, 6) is -2.57. The lowest BCUT2D eigenvalue weighted by molar-refractivity contribution is -0.146. The van der Waals surface area contributed by atoms with E-state index in [9.17, 15) is 38.4 Å². The number of Topliss-reactive ketones (excluding diaryl/α,β-unsaturated/α-hetero) is 1. The summed E-state index contributed by atoms with van der Waals surface area (Å²) < 4.78 is 12.1. The van der Waals surface area contributed by atoms with Gasteiger partial charge < -0.3 is 35.2 Å². The number of nitrogens with zero attached hydrogens (tertiary/aromatic N) is 3. The second kappa shape index (κ2) is 27.7. The van der Waals surface area contributed by atoms with E-state index in [-0.39, 0.29) is 82.8 Å². The third-order valence-electron chi connectivity index (χ3n) is 14.3. The highest BCUT2D eigenvalue weighted by Crippen LogP contribution is 2.46. The van der Waals surface area contributed by atoms with Crippen LogP contribution in [0.2, 0.25) is 0 Å². The Bertz CT molecular complexity index is 2090. The molecular formula is C56H91N6O10. The van der Waals surface area contributed by atoms with E-state index >= 15 is 0 Å². The van der Waals surface area contributed by atoms with Crippen LogP contribution in [-0.4, -0.2) is 139 Å². The topological polar surface area (TPSA) is 201 Å². The molecule has 16 nitrogen and oxygen atoms in total. The van der Waals surface area contributed by atoms with Crippen LogP contribution >= 0.6 is 0 Å². The van der Waals surface area contributed by atoms with E-state index in [1.165, 1.54) is 18.6 Å². The number of imide groups is 1. The third kappa shape index (κ3) is 16.7. The van der Waals surface area contributed by atoms with Crippen LogP contribution in [0.15, 0.2) is 54.1 Å². The zero-order valence-electron chi connectivity index (χ0n) is 45.1. The number of hydrogen-bond acceptors (Lipinski definition) is 10. The number of allylic oxidation sites excluding steroid dienone is 2. The number of carbonyl (C=O) groups is 8. The molecule has 0 spiro atoms. The van der Waals surface area contributed by atoms with Crippen molar-refractivity contribution < 1.29 is 52.1 Å². The molecular weight excluding hydrogens is 917 g/mol. The fourth-order valence-corrected chi connectivity index (χ4v) is 10.3. The van der Waals surface area contributed by atoms with Crippen LogP contribution in [0.5, 0.6) is 0 Å². The predicted molar refractivity (Wildman–Crippen MR) is 283 cm³/mol. The van der Waals surface area contributed by atoms with Crippen molar-refractivity contribution in [1.29, 1.82) is 0 Å². The quantitative estimate of drug-likeness (QED) is 0.0680. The normalized spacial score (nSPS) is 19.3. The second-order valence-electron chi connectivity index (χ2n) is 21.5. The molecule has 1 saturated heterocycles. The Hall–Kier alpha value is -5.22. The van der Waals surface area contributed by atoms with E-state index in [1.807, 2.05) is 36.4 Å². The van der Waals surface area contributed by atoms with Gasteiger partial charge in [0.1, 0.15) is 5.54 Å². The van der Waals surface area contributed by atoms with E-state index in [4.69, 9.17) is 9.47 Å². The van der Waals surface area contributed by atoms with Crippen LogP contribution < -0.4 is 16.0 Å². The van der Waals surface area contributed by atoms with Crippen molar-refractivity contribution in [2.75, 3.05) is 40.9 Å². The number of amides is 7. The van der Waals surface area contributed by atoms with Crippen molar-refractivity contribution in [2.24, 2.45) is 17.3 Å². The molecule has 5 rings (SSSR count). The summed E-state index contributed by atoms with van der Waals surface area (Å²) in [6.07, 6.45) is 12.4. The average Bonchev–Trinajstić information content (AvgIpc) is 3.93. The van der Waals surface area contributed by atoms with Gasteiger partial charge in [-0.25, -0.2) is 0 Å². The number of hydrogen-bond donors (Lipinski definition) is 3. The number of ketones is 1. The average molecular weight is 1010 g/mol. The molecule has 4 aliphatic rings. The maximum absolute atomic E-state index is 14.5. The van der Waals surface area contributed by atoms with Crippen molar-refractivity contribution in [1.82, 2.24) is 30.7 Å². The fraction of sp³-hybridized carbons (Fsp3) is 0.661. The van der Waals surface area contributed by atoms with Crippen LogP contribution in [0.4, 0.5) is 0 Å². The molecule has 2 fully saturated rings. The summed E-state index contributed by atoms with van der Waals surface area (Å²) in [7, 11) is 4.77. The summed E-state index contributed by atoms with van der Waals surface area (Å²) >= 11 is 0. The number of ether oxygens (including phenoxy) is 2. The van der Waals surface area contributed by atoms with Gasteiger partial charge in [-0.15, -0.1) is 0 Å². The maximum Gasteiger partial charge on any atom is 0.253 e. The minimum absolute atomic E-state index is 0. The van der Waals surface area contributed by atoms with Gasteiger partial charge in [0, 0.05) is 57.2 Å². The number of methoxy groups -OCH3 is 2. The molecule has 1 aromatic carbocycles. The zero-order valence-corrected chi connectivity index (χ0v) is 45.1. The first-order chi connectivity index (χ1) is 34.1. The van der Waals surface area contributed by atoms with E-state index in [1.54, 1.807) is 51.8 Å². The lowest BCUT2D eigenvalue weighted by Gasteiger charge is -2.41. The summed E-state index contributed by atoms with van der Waals surface area (Å²) in [5, 5.41) is 8.53. The van der Waals surface area contributed by atoms with E-state index in [2.05, 4.69) is 50.6 Å². The van der Waals surface area contributed by atoms with Crippen molar-refractivity contribution >= 4 is 47.1 Å². The number of likely N-dealkylation sites (tertiary alicyclic amines) is 1. The lowest BCUT2D eigenvalue weighted by Crippen LogP contribution is -2.58. The SMILES string of the molecule is CCC.CO[C@H]([C@@H](C)C(=O)N[C@@H](Cc1ccccc1)C(=O)[C]1C=C1C(C)(C)C)[C@@H]1CCCN1C(=O)C[C@@H](OC)[C@H](C1CCCCC1)N(C)C(=O)CNC(=O)C(C)(C)NC(=O)CCCCCN1C(=O)C=CC1=O.[HH].[HH].[HH]. The minimum Gasteiger partial charge on any atom is -0.379 e. The van der Waals surface area contributed by atoms with E-state index in [0.717, 1.165) is 48.1 Å². The van der Waals surface area contributed by atoms with Crippen LogP contribution in [0.1, 0.15) is 149 Å². The van der Waals surface area contributed by atoms with Gasteiger partial charge in [-0.2, -0.15) is 0 Å². The molecule has 3 N–H and O–H groups in total. The molecule has 7 amide bonds. The van der Waals surface area contributed by atoms with Crippen molar-refractivity contribution in [2.45, 2.75) is 181 Å². The number of carbonyl (C=O) groups excluding carboxylic acids is 8. The summed E-state index contributed by atoms with van der Waals surface area (Å²) in [4.78, 5) is 111. The van der Waals surface area contributed by atoms with Gasteiger partial charge in [0.2, 0.25) is 29.5 Å². The molecule has 1 aromatic rings. The molecule has 0 bridgehead atoms. The Morgan fingerprint density at radius 1 is 0.861 bits per heavy atom. The fourth-order valence-electron chi connectivity index (χ4n) is 10.3. The molecule has 16 heteroatoms. The van der Waals surface area contributed by atoms with Gasteiger partial charge in [0.05, 0.1) is 55.1 Å². The standard InChI is InChI=1S/C53H77N6O10.C3H8.3H2/c1-34(50(66)55-39(30-35-20-13-10-14-21-35)48(65)37-31-38(37)52(2,3)4)49(69-9)40-24-19-29-58(40)45(63)32-41(68-8)47(36-22-15-11-16-23-36)57(7)46(64)33-54-51(67)53(5,6)56-42(60)25-17-12-18-28-59-43(61)26-27-44(59)62;1-3-2;;;/h10,13-14,20-21,26-27,31,34,36,39-41,47,49H,11-12,15-19,22-25,28-30,32-33H2,1-9H3,(H,54,67)(H,55,66)(H,56,60);3H2,1-2H3;3*1H/t34-,39+,40+,41-,47+,49-;;;;/m1..../s1. The van der Waals surface area contributed by atoms with Crippen LogP contribution in [-0.2, 0) is 54.3 Å². The van der Waals surface area contributed by atoms with Crippen molar-refractivity contribution in [3.63, 3.8) is 0 Å². The van der Waals surface area contributed by atoms with Gasteiger partial charge in [-0.05, 0) is 81.3 Å². The summed E-state index contributed by atoms with van der Waals surface area (Å²) in [6, 6.07) is 7.92. The van der Waals surface area contributed by atoms with Gasteiger partial charge in [-0.3, -0.25) is 43.3 Å². The summed E-state index contributed by atoms with van der Waals surface area (Å²) in [6.45, 7) is 15.7. The minimum atomic E-state index is -1.32. The van der Waals surface area contributed by atoms with Gasteiger partial charge >= 0.3 is 0 Å². The van der Waals surface area contributed by atoms with Crippen LogP contribution in [0.3, 0.4) is 0 Å². The van der Waals surface area contributed by atoms with E-state index in [0.29, 0.717) is 51.0 Å². The second-order valence-corrected chi connectivity index (χ2v) is 21.5. The number of rotatable bonds is 25. The molecule has 2 aliphatic heterocycles. The largest absolute Gasteiger partial charge is 0.379 e. The van der Waals surface area contributed by atoms with Gasteiger partial charge in [-0.1, -0.05) is 110 Å². The Balaban J connectivity index is 0.00000457. The zero-order chi connectivity index (χ0) is 53.3. The molecule has 72 heavy (non-hydrogen) atoms. The Labute approximate surface area is 433 Å². The van der Waals surface area contributed by atoms with Crippen LogP contribution in [0, 0.1) is 23.2 Å². The molecule has 2 aliphatic carbocycles. The predicted octanol–water partition coefficient (Wildman–Crippen LogP) is 6.95. The molecule has 0 unspecified atom stereocenters. The Morgan fingerprint density at radius 2 is 1.50 bits per heavy atom. The van der Waals surface area contributed by atoms with Gasteiger partial charge in [0.25, 0.3) is 11.8 Å². The monoisotopic (exact) mass is 1010 g/mol. The van der Waals surface area contributed by atoms with Gasteiger partial charge in [0.15, 0.2) is 5.78 Å². The highest BCUT2D eigenvalue weighted by molar-refractivity contribution is 6.13. The molecule has 2 heterocycles. The molecule has 1 radical (unpaired) electrons.